The Morgan fingerprint density at radius 1 is 1.00 bits per heavy atom. The smallest absolute Gasteiger partial charge is 0.261 e. The van der Waals surface area contributed by atoms with Crippen molar-refractivity contribution in [3.63, 3.8) is 0 Å². The van der Waals surface area contributed by atoms with Gasteiger partial charge >= 0.3 is 0 Å². The average molecular weight is 481 g/mol. The molecule has 10 heteroatoms. The molecule has 3 aromatic carbocycles. The molecular formula is C23H20N4O4S2. The number of nitrogens with zero attached hydrogens (tertiary/aromatic N) is 2. The van der Waals surface area contributed by atoms with Crippen LogP contribution in [0.25, 0.3) is 11.4 Å². The third kappa shape index (κ3) is 5.18. The van der Waals surface area contributed by atoms with Crippen molar-refractivity contribution in [2.75, 3.05) is 17.1 Å². The van der Waals surface area contributed by atoms with E-state index in [0.717, 1.165) is 17.1 Å². The van der Waals surface area contributed by atoms with Crippen molar-refractivity contribution < 1.29 is 17.9 Å². The zero-order valence-electron chi connectivity index (χ0n) is 17.8. The molecule has 168 valence electrons. The van der Waals surface area contributed by atoms with Crippen LogP contribution in [0.5, 0.6) is 5.75 Å². The van der Waals surface area contributed by atoms with Gasteiger partial charge in [-0.1, -0.05) is 36.4 Å². The zero-order valence-corrected chi connectivity index (χ0v) is 19.4. The molecule has 4 aromatic rings. The van der Waals surface area contributed by atoms with E-state index in [2.05, 4.69) is 19.4 Å². The number of aromatic nitrogens is 2. The highest BCUT2D eigenvalue weighted by Crippen LogP contribution is 2.24. The maximum absolute atomic E-state index is 12.9. The molecule has 0 spiro atoms. The van der Waals surface area contributed by atoms with Gasteiger partial charge in [-0.25, -0.2) is 8.42 Å². The van der Waals surface area contributed by atoms with Crippen molar-refractivity contribution in [3.8, 4) is 17.1 Å². The summed E-state index contributed by atoms with van der Waals surface area (Å²) in [6.45, 7) is 1.73. The summed E-state index contributed by atoms with van der Waals surface area (Å²) in [7, 11) is -2.38. The first-order chi connectivity index (χ1) is 15.9. The molecule has 0 fully saturated rings. The standard InChI is InChI=1S/C23H20N4O4S2/c1-15-8-13-19(33(29,30)27-17-9-11-18(31-2)12-10-17)14-20(15)22(28)25-23-24-21(26-32-23)16-6-4-3-5-7-16/h3-14,27H,1-2H3,(H,24,25,26,28). The van der Waals surface area contributed by atoms with Crippen molar-refractivity contribution in [1.29, 1.82) is 0 Å². The molecule has 0 radical (unpaired) electrons. The maximum Gasteiger partial charge on any atom is 0.261 e. The zero-order chi connectivity index (χ0) is 23.4. The van der Waals surface area contributed by atoms with Gasteiger partial charge < -0.3 is 4.74 Å². The topological polar surface area (TPSA) is 110 Å². The van der Waals surface area contributed by atoms with Crippen LogP contribution in [-0.4, -0.2) is 30.8 Å². The fraction of sp³-hybridized carbons (Fsp3) is 0.0870. The molecule has 0 aliphatic rings. The lowest BCUT2D eigenvalue weighted by Crippen LogP contribution is -2.17. The Labute approximate surface area is 195 Å². The summed E-state index contributed by atoms with van der Waals surface area (Å²) in [6.07, 6.45) is 0. The number of methoxy groups -OCH3 is 1. The summed E-state index contributed by atoms with van der Waals surface area (Å²) < 4.78 is 37.6. The van der Waals surface area contributed by atoms with Gasteiger partial charge in [0, 0.05) is 28.3 Å². The molecule has 0 aliphatic heterocycles. The highest BCUT2D eigenvalue weighted by molar-refractivity contribution is 7.92. The van der Waals surface area contributed by atoms with Gasteiger partial charge in [0.25, 0.3) is 15.9 Å². The van der Waals surface area contributed by atoms with Crippen molar-refractivity contribution in [2.24, 2.45) is 0 Å². The summed E-state index contributed by atoms with van der Waals surface area (Å²) in [4.78, 5) is 17.2. The normalized spacial score (nSPS) is 11.1. The number of aryl methyl sites for hydroxylation is 1. The summed E-state index contributed by atoms with van der Waals surface area (Å²) in [5.74, 6) is 0.650. The number of rotatable bonds is 7. The van der Waals surface area contributed by atoms with Gasteiger partial charge in [-0.15, -0.1) is 0 Å². The highest BCUT2D eigenvalue weighted by Gasteiger charge is 2.19. The van der Waals surface area contributed by atoms with Gasteiger partial charge in [0.15, 0.2) is 5.82 Å². The first-order valence-corrected chi connectivity index (χ1v) is 12.1. The van der Waals surface area contributed by atoms with E-state index in [1.807, 2.05) is 30.3 Å². The van der Waals surface area contributed by atoms with E-state index in [1.165, 1.54) is 19.2 Å². The van der Waals surface area contributed by atoms with Crippen molar-refractivity contribution in [1.82, 2.24) is 9.36 Å². The predicted octanol–water partition coefficient (Wildman–Crippen LogP) is 4.58. The molecule has 2 N–H and O–H groups in total. The molecule has 1 aromatic heterocycles. The fourth-order valence-corrected chi connectivity index (χ4v) is 4.70. The number of sulfonamides is 1. The molecule has 4 rings (SSSR count). The van der Waals surface area contributed by atoms with E-state index >= 15 is 0 Å². The van der Waals surface area contributed by atoms with Crippen LogP contribution in [0.3, 0.4) is 0 Å². The maximum atomic E-state index is 12.9. The second kappa shape index (κ2) is 9.39. The molecule has 8 nitrogen and oxygen atoms in total. The van der Waals surface area contributed by atoms with Crippen LogP contribution in [0.1, 0.15) is 15.9 Å². The number of anilines is 2. The second-order valence-corrected chi connectivity index (χ2v) is 9.49. The molecule has 1 heterocycles. The van der Waals surface area contributed by atoms with Gasteiger partial charge in [0.1, 0.15) is 5.75 Å². The molecule has 0 aliphatic carbocycles. The first-order valence-electron chi connectivity index (χ1n) is 9.84. The van der Waals surface area contributed by atoms with Gasteiger partial charge in [-0.2, -0.15) is 9.36 Å². The monoisotopic (exact) mass is 480 g/mol. The Bertz CT molecular complexity index is 1390. The molecule has 0 saturated heterocycles. The third-order valence-electron chi connectivity index (χ3n) is 4.78. The Kier molecular flexibility index (Phi) is 6.38. The SMILES string of the molecule is COc1ccc(NS(=O)(=O)c2ccc(C)c(C(=O)Nc3nc(-c4ccccc4)ns3)c2)cc1. The van der Waals surface area contributed by atoms with Gasteiger partial charge in [0.05, 0.1) is 12.0 Å². The lowest BCUT2D eigenvalue weighted by molar-refractivity contribution is 0.102. The van der Waals surface area contributed by atoms with Crippen molar-refractivity contribution in [3.05, 3.63) is 83.9 Å². The van der Waals surface area contributed by atoms with Crippen LogP contribution in [0, 0.1) is 6.92 Å². The molecule has 0 bridgehead atoms. The fourth-order valence-electron chi connectivity index (χ4n) is 3.03. The lowest BCUT2D eigenvalue weighted by atomic mass is 10.1. The Balaban J connectivity index is 1.54. The number of benzene rings is 3. The van der Waals surface area contributed by atoms with Crippen LogP contribution in [0.4, 0.5) is 10.8 Å². The quantitative estimate of drug-likeness (QED) is 0.401. The number of hydrogen-bond acceptors (Lipinski definition) is 7. The van der Waals surface area contributed by atoms with E-state index < -0.39 is 15.9 Å². The van der Waals surface area contributed by atoms with Gasteiger partial charge in [-0.3, -0.25) is 14.8 Å². The lowest BCUT2D eigenvalue weighted by Gasteiger charge is -2.11. The molecular weight excluding hydrogens is 460 g/mol. The first kappa shape index (κ1) is 22.4. The highest BCUT2D eigenvalue weighted by atomic mass is 32.2. The second-order valence-electron chi connectivity index (χ2n) is 7.05. The summed E-state index contributed by atoms with van der Waals surface area (Å²) >= 11 is 1.05. The number of carbonyl (C=O) groups excluding carboxylic acids is 1. The van der Waals surface area contributed by atoms with Gasteiger partial charge in [-0.05, 0) is 48.9 Å². The summed E-state index contributed by atoms with van der Waals surface area (Å²) in [5, 5.41) is 3.03. The Morgan fingerprint density at radius 2 is 1.73 bits per heavy atom. The van der Waals surface area contributed by atoms with E-state index in [1.54, 1.807) is 37.3 Å². The van der Waals surface area contributed by atoms with Crippen molar-refractivity contribution in [2.45, 2.75) is 11.8 Å². The third-order valence-corrected chi connectivity index (χ3v) is 6.79. The van der Waals surface area contributed by atoms with E-state index in [-0.39, 0.29) is 10.5 Å². The number of carbonyl (C=O) groups is 1. The molecule has 0 unspecified atom stereocenters. The number of nitrogens with one attached hydrogen (secondary N) is 2. The molecule has 0 atom stereocenters. The summed E-state index contributed by atoms with van der Waals surface area (Å²) in [5.41, 5.74) is 2.07. The minimum absolute atomic E-state index is 0.0312. The van der Waals surface area contributed by atoms with Crippen LogP contribution in [0.15, 0.2) is 77.7 Å². The Hall–Kier alpha value is -3.76. The van der Waals surface area contributed by atoms with Crippen molar-refractivity contribution >= 4 is 38.3 Å². The Morgan fingerprint density at radius 3 is 2.42 bits per heavy atom. The predicted molar refractivity (Wildman–Crippen MR) is 128 cm³/mol. The summed E-state index contributed by atoms with van der Waals surface area (Å²) in [6, 6.07) is 20.3. The van der Waals surface area contributed by atoms with Crippen LogP contribution in [0.2, 0.25) is 0 Å². The van der Waals surface area contributed by atoms with Crippen LogP contribution >= 0.6 is 11.5 Å². The van der Waals surface area contributed by atoms with Gasteiger partial charge in [0.2, 0.25) is 5.13 Å². The minimum atomic E-state index is -3.91. The minimum Gasteiger partial charge on any atom is -0.497 e. The van der Waals surface area contributed by atoms with E-state index in [9.17, 15) is 13.2 Å². The van der Waals surface area contributed by atoms with Crippen LogP contribution < -0.4 is 14.8 Å². The average Bonchev–Trinajstić information content (AvgIpc) is 3.28. The van der Waals surface area contributed by atoms with E-state index in [0.29, 0.717) is 28.0 Å². The largest absolute Gasteiger partial charge is 0.497 e. The number of ether oxygens (including phenoxy) is 1. The van der Waals surface area contributed by atoms with E-state index in [4.69, 9.17) is 4.74 Å². The molecule has 33 heavy (non-hydrogen) atoms. The molecule has 1 amide bonds. The van der Waals surface area contributed by atoms with Crippen LogP contribution in [-0.2, 0) is 10.0 Å². The number of amides is 1. The molecule has 0 saturated carbocycles. The number of hydrogen-bond donors (Lipinski definition) is 2.